The number of hydrogen-bond donors (Lipinski definition) is 1. The predicted octanol–water partition coefficient (Wildman–Crippen LogP) is 0.952. The van der Waals surface area contributed by atoms with Gasteiger partial charge in [-0.2, -0.15) is 17.0 Å². The highest BCUT2D eigenvalue weighted by molar-refractivity contribution is 7.86. The maximum atomic E-state index is 12.5. The molecule has 108 valence electrons. The van der Waals surface area contributed by atoms with Crippen LogP contribution in [-0.4, -0.2) is 49.2 Å². The van der Waals surface area contributed by atoms with Gasteiger partial charge in [0.05, 0.1) is 0 Å². The molecule has 1 unspecified atom stereocenters. The van der Waals surface area contributed by atoms with Crippen LogP contribution in [0.5, 0.6) is 0 Å². The average molecular weight is 298 g/mol. The van der Waals surface area contributed by atoms with Gasteiger partial charge in [0.2, 0.25) is 0 Å². The van der Waals surface area contributed by atoms with Gasteiger partial charge in [-0.1, -0.05) is 12.8 Å². The molecule has 0 aliphatic carbocycles. The van der Waals surface area contributed by atoms with E-state index in [-0.39, 0.29) is 18.4 Å². The van der Waals surface area contributed by atoms with Crippen LogP contribution >= 0.6 is 12.4 Å². The van der Waals surface area contributed by atoms with E-state index in [0.29, 0.717) is 26.2 Å². The standard InChI is InChI=1S/C11H23N3O2S.ClH/c12-10-11-6-2-5-9-14(11)17(15,16)13-7-3-1-4-8-13;/h11H,1-10,12H2;1H. The molecule has 5 nitrogen and oxygen atoms in total. The summed E-state index contributed by atoms with van der Waals surface area (Å²) in [6.07, 6.45) is 6.08. The lowest BCUT2D eigenvalue weighted by Gasteiger charge is -2.38. The van der Waals surface area contributed by atoms with Crippen molar-refractivity contribution in [2.24, 2.45) is 5.73 Å². The van der Waals surface area contributed by atoms with E-state index >= 15 is 0 Å². The highest BCUT2D eigenvalue weighted by atomic mass is 35.5. The van der Waals surface area contributed by atoms with E-state index in [4.69, 9.17) is 5.73 Å². The van der Waals surface area contributed by atoms with Crippen LogP contribution in [0.3, 0.4) is 0 Å². The molecule has 0 aromatic heterocycles. The monoisotopic (exact) mass is 297 g/mol. The van der Waals surface area contributed by atoms with Gasteiger partial charge < -0.3 is 5.73 Å². The number of hydrogen-bond acceptors (Lipinski definition) is 3. The molecular formula is C11H24ClN3O2S. The fraction of sp³-hybridized carbons (Fsp3) is 1.00. The third-order valence-corrected chi connectivity index (χ3v) is 5.87. The first kappa shape index (κ1) is 16.2. The van der Waals surface area contributed by atoms with Gasteiger partial charge in [0.1, 0.15) is 0 Å². The number of piperidine rings is 2. The third kappa shape index (κ3) is 3.36. The fourth-order valence-corrected chi connectivity index (χ4v) is 4.70. The Kier molecular flexibility index (Phi) is 6.34. The van der Waals surface area contributed by atoms with E-state index in [9.17, 15) is 8.42 Å². The smallest absolute Gasteiger partial charge is 0.282 e. The van der Waals surface area contributed by atoms with Crippen LogP contribution in [0.1, 0.15) is 38.5 Å². The zero-order valence-electron chi connectivity index (χ0n) is 10.8. The number of nitrogens with zero attached hydrogens (tertiary/aromatic N) is 2. The molecule has 2 rings (SSSR count). The summed E-state index contributed by atoms with van der Waals surface area (Å²) in [7, 11) is -3.26. The molecule has 0 saturated carbocycles. The Hall–Kier alpha value is 0.120. The number of rotatable bonds is 3. The molecule has 0 radical (unpaired) electrons. The summed E-state index contributed by atoms with van der Waals surface area (Å²) in [5, 5.41) is 0. The van der Waals surface area contributed by atoms with Gasteiger partial charge in [-0.3, -0.25) is 0 Å². The van der Waals surface area contributed by atoms with Crippen molar-refractivity contribution < 1.29 is 8.42 Å². The van der Waals surface area contributed by atoms with E-state index in [0.717, 1.165) is 38.5 Å². The van der Waals surface area contributed by atoms with Crippen molar-refractivity contribution >= 4 is 22.6 Å². The Morgan fingerprint density at radius 3 is 2.22 bits per heavy atom. The first-order valence-corrected chi connectivity index (χ1v) is 8.03. The molecule has 18 heavy (non-hydrogen) atoms. The zero-order valence-corrected chi connectivity index (χ0v) is 12.4. The van der Waals surface area contributed by atoms with Crippen molar-refractivity contribution in [2.75, 3.05) is 26.2 Å². The van der Waals surface area contributed by atoms with Crippen LogP contribution in [0.4, 0.5) is 0 Å². The molecule has 7 heteroatoms. The van der Waals surface area contributed by atoms with Crippen molar-refractivity contribution in [3.63, 3.8) is 0 Å². The molecule has 2 aliphatic heterocycles. The topological polar surface area (TPSA) is 66.6 Å². The van der Waals surface area contributed by atoms with Crippen LogP contribution in [0.25, 0.3) is 0 Å². The lowest BCUT2D eigenvalue weighted by Crippen LogP contribution is -2.53. The molecule has 0 bridgehead atoms. The van der Waals surface area contributed by atoms with Crippen LogP contribution in [0, 0.1) is 0 Å². The molecular weight excluding hydrogens is 274 g/mol. The summed E-state index contributed by atoms with van der Waals surface area (Å²) in [5.74, 6) is 0. The molecule has 2 N–H and O–H groups in total. The lowest BCUT2D eigenvalue weighted by molar-refractivity contribution is 0.227. The first-order valence-electron chi connectivity index (χ1n) is 6.63. The molecule has 1 atom stereocenters. The second kappa shape index (κ2) is 7.05. The summed E-state index contributed by atoms with van der Waals surface area (Å²) >= 11 is 0. The Morgan fingerprint density at radius 1 is 1.00 bits per heavy atom. The molecule has 2 heterocycles. The summed E-state index contributed by atoms with van der Waals surface area (Å²) in [4.78, 5) is 0. The Balaban J connectivity index is 0.00000162. The van der Waals surface area contributed by atoms with Gasteiger partial charge in [-0.05, 0) is 25.7 Å². The lowest BCUT2D eigenvalue weighted by atomic mass is 10.1. The number of nitrogens with two attached hydrogens (primary N) is 1. The van der Waals surface area contributed by atoms with E-state index in [2.05, 4.69) is 0 Å². The minimum Gasteiger partial charge on any atom is -0.329 e. The van der Waals surface area contributed by atoms with Crippen LogP contribution in [-0.2, 0) is 10.2 Å². The minimum atomic E-state index is -3.26. The Bertz CT molecular complexity index is 344. The van der Waals surface area contributed by atoms with Gasteiger partial charge in [0, 0.05) is 32.2 Å². The van der Waals surface area contributed by atoms with E-state index in [1.807, 2.05) is 0 Å². The summed E-state index contributed by atoms with van der Waals surface area (Å²) < 4.78 is 28.3. The molecule has 0 amide bonds. The van der Waals surface area contributed by atoms with Gasteiger partial charge in [0.25, 0.3) is 10.2 Å². The molecule has 0 aromatic rings. The maximum absolute atomic E-state index is 12.5. The molecule has 2 saturated heterocycles. The Labute approximate surface area is 116 Å². The van der Waals surface area contributed by atoms with Crippen molar-refractivity contribution in [1.82, 2.24) is 8.61 Å². The maximum Gasteiger partial charge on any atom is 0.282 e. The van der Waals surface area contributed by atoms with Crippen LogP contribution in [0.2, 0.25) is 0 Å². The highest BCUT2D eigenvalue weighted by Crippen LogP contribution is 2.24. The van der Waals surface area contributed by atoms with Crippen LogP contribution < -0.4 is 5.73 Å². The second-order valence-corrected chi connectivity index (χ2v) is 6.84. The summed E-state index contributed by atoms with van der Waals surface area (Å²) in [6, 6.07) is 0.00989. The van der Waals surface area contributed by atoms with E-state index < -0.39 is 10.2 Å². The molecule has 0 aromatic carbocycles. The van der Waals surface area contributed by atoms with Crippen molar-refractivity contribution in [1.29, 1.82) is 0 Å². The molecule has 2 fully saturated rings. The number of halogens is 1. The van der Waals surface area contributed by atoms with E-state index in [1.54, 1.807) is 8.61 Å². The van der Waals surface area contributed by atoms with Gasteiger partial charge >= 0.3 is 0 Å². The van der Waals surface area contributed by atoms with Gasteiger partial charge in [-0.15, -0.1) is 12.4 Å². The summed E-state index contributed by atoms with van der Waals surface area (Å²) in [6.45, 7) is 2.43. The van der Waals surface area contributed by atoms with E-state index in [1.165, 1.54) is 0 Å². The predicted molar refractivity (Wildman–Crippen MR) is 75.0 cm³/mol. The summed E-state index contributed by atoms with van der Waals surface area (Å²) in [5.41, 5.74) is 5.70. The van der Waals surface area contributed by atoms with Gasteiger partial charge in [-0.25, -0.2) is 0 Å². The quantitative estimate of drug-likeness (QED) is 0.843. The zero-order chi connectivity index (χ0) is 12.3. The largest absolute Gasteiger partial charge is 0.329 e. The minimum absolute atomic E-state index is 0. The highest BCUT2D eigenvalue weighted by Gasteiger charge is 2.36. The Morgan fingerprint density at radius 2 is 1.61 bits per heavy atom. The van der Waals surface area contributed by atoms with Crippen molar-refractivity contribution in [3.05, 3.63) is 0 Å². The second-order valence-electron chi connectivity index (χ2n) is 4.96. The van der Waals surface area contributed by atoms with Crippen molar-refractivity contribution in [3.8, 4) is 0 Å². The third-order valence-electron chi connectivity index (χ3n) is 3.78. The molecule has 0 spiro atoms. The van der Waals surface area contributed by atoms with Gasteiger partial charge in [0.15, 0.2) is 0 Å². The van der Waals surface area contributed by atoms with Crippen LogP contribution in [0.15, 0.2) is 0 Å². The molecule has 2 aliphatic rings. The first-order chi connectivity index (χ1) is 8.16. The van der Waals surface area contributed by atoms with Crippen molar-refractivity contribution in [2.45, 2.75) is 44.6 Å². The fourth-order valence-electron chi connectivity index (χ4n) is 2.76. The SMILES string of the molecule is Cl.NCC1CCCCN1S(=O)(=O)N1CCCCC1. The normalized spacial score (nSPS) is 27.7. The average Bonchev–Trinajstić information content (AvgIpc) is 2.39.